The van der Waals surface area contributed by atoms with E-state index in [-0.39, 0.29) is 12.4 Å². The summed E-state index contributed by atoms with van der Waals surface area (Å²) in [6.45, 7) is 1.41. The van der Waals surface area contributed by atoms with Crippen LogP contribution in [0.25, 0.3) is 0 Å². The standard InChI is InChI=1S/C14H13F3N2.ClH/c15-14(16,17)12-3-1-2-11(8-12)13(9-18)10-4-6-19-7-5-10;/h1-4,8,13,19H,5-7H2;1H. The third kappa shape index (κ3) is 3.75. The molecule has 1 unspecified atom stereocenters. The van der Waals surface area contributed by atoms with E-state index >= 15 is 0 Å². The number of benzene rings is 1. The smallest absolute Gasteiger partial charge is 0.313 e. The lowest BCUT2D eigenvalue weighted by Crippen LogP contribution is -2.22. The van der Waals surface area contributed by atoms with Crippen LogP contribution in [0.4, 0.5) is 13.2 Å². The summed E-state index contributed by atoms with van der Waals surface area (Å²) < 4.78 is 38.0. The van der Waals surface area contributed by atoms with Gasteiger partial charge in [0.15, 0.2) is 0 Å². The molecule has 1 atom stereocenters. The summed E-state index contributed by atoms with van der Waals surface area (Å²) in [6, 6.07) is 7.12. The van der Waals surface area contributed by atoms with Crippen LogP contribution >= 0.6 is 12.4 Å². The topological polar surface area (TPSA) is 35.8 Å². The lowest BCUT2D eigenvalue weighted by molar-refractivity contribution is -0.137. The van der Waals surface area contributed by atoms with E-state index in [1.807, 2.05) is 6.08 Å². The van der Waals surface area contributed by atoms with E-state index in [9.17, 15) is 18.4 Å². The molecule has 0 aromatic heterocycles. The first kappa shape index (κ1) is 16.5. The molecule has 0 spiro atoms. The number of alkyl halides is 3. The first-order valence-corrected chi connectivity index (χ1v) is 5.99. The van der Waals surface area contributed by atoms with E-state index in [1.54, 1.807) is 6.07 Å². The fourth-order valence-corrected chi connectivity index (χ4v) is 2.17. The SMILES string of the molecule is Cl.N#CC(C1=CCNCC1)c1cccc(C(F)(F)F)c1. The van der Waals surface area contributed by atoms with E-state index in [0.29, 0.717) is 18.5 Å². The Kier molecular flexibility index (Phi) is 5.61. The summed E-state index contributed by atoms with van der Waals surface area (Å²) in [6.07, 6.45) is -1.80. The lowest BCUT2D eigenvalue weighted by atomic mass is 9.88. The van der Waals surface area contributed by atoms with Gasteiger partial charge in [0.05, 0.1) is 17.6 Å². The first-order chi connectivity index (χ1) is 9.02. The van der Waals surface area contributed by atoms with E-state index in [4.69, 9.17) is 0 Å². The van der Waals surface area contributed by atoms with Crippen LogP contribution in [0.1, 0.15) is 23.5 Å². The molecule has 108 valence electrons. The zero-order chi connectivity index (χ0) is 13.9. The summed E-state index contributed by atoms with van der Waals surface area (Å²) >= 11 is 0. The Morgan fingerprint density at radius 1 is 1.30 bits per heavy atom. The minimum absolute atomic E-state index is 0. The maximum Gasteiger partial charge on any atom is 0.416 e. The second-order valence-electron chi connectivity index (χ2n) is 4.42. The number of halogens is 4. The Hall–Kier alpha value is -1.51. The molecule has 0 fully saturated rings. The molecule has 0 radical (unpaired) electrons. The van der Waals surface area contributed by atoms with Crippen molar-refractivity contribution in [2.24, 2.45) is 0 Å². The van der Waals surface area contributed by atoms with Crippen molar-refractivity contribution in [3.63, 3.8) is 0 Å². The predicted molar refractivity (Wildman–Crippen MR) is 72.6 cm³/mol. The van der Waals surface area contributed by atoms with Gasteiger partial charge in [-0.25, -0.2) is 0 Å². The van der Waals surface area contributed by atoms with Crippen molar-refractivity contribution in [3.8, 4) is 6.07 Å². The molecule has 1 N–H and O–H groups in total. The first-order valence-electron chi connectivity index (χ1n) is 5.99. The van der Waals surface area contributed by atoms with E-state index in [1.165, 1.54) is 6.07 Å². The van der Waals surface area contributed by atoms with Gasteiger partial charge in [0.25, 0.3) is 0 Å². The zero-order valence-corrected chi connectivity index (χ0v) is 11.4. The number of nitrogens with zero attached hydrogens (tertiary/aromatic N) is 1. The Morgan fingerprint density at radius 2 is 2.05 bits per heavy atom. The van der Waals surface area contributed by atoms with Gasteiger partial charge >= 0.3 is 6.18 Å². The monoisotopic (exact) mass is 302 g/mol. The largest absolute Gasteiger partial charge is 0.416 e. The number of nitrogens with one attached hydrogen (secondary N) is 1. The Labute approximate surface area is 121 Å². The Morgan fingerprint density at radius 3 is 2.60 bits per heavy atom. The molecule has 2 rings (SSSR count). The van der Waals surface area contributed by atoms with Crippen LogP contribution in [0, 0.1) is 11.3 Å². The summed E-state index contributed by atoms with van der Waals surface area (Å²) in [7, 11) is 0. The molecule has 1 aliphatic rings. The van der Waals surface area contributed by atoms with Crippen LogP contribution in [-0.4, -0.2) is 13.1 Å². The maximum atomic E-state index is 12.7. The number of hydrogen-bond acceptors (Lipinski definition) is 2. The third-order valence-corrected chi connectivity index (χ3v) is 3.15. The molecule has 1 aromatic rings. The van der Waals surface area contributed by atoms with E-state index < -0.39 is 17.7 Å². The molecule has 0 saturated heterocycles. The van der Waals surface area contributed by atoms with Crippen molar-refractivity contribution in [1.29, 1.82) is 5.26 Å². The molecule has 0 bridgehead atoms. The Bertz CT molecular complexity index is 532. The molecule has 0 aliphatic carbocycles. The van der Waals surface area contributed by atoms with Crippen molar-refractivity contribution in [2.75, 3.05) is 13.1 Å². The molecule has 1 aliphatic heterocycles. The van der Waals surface area contributed by atoms with Crippen LogP contribution in [0.5, 0.6) is 0 Å². The number of nitriles is 1. The normalized spacial score (nSPS) is 16.6. The average molecular weight is 303 g/mol. The van der Waals surface area contributed by atoms with Crippen LogP contribution < -0.4 is 5.32 Å². The van der Waals surface area contributed by atoms with Crippen LogP contribution in [0.2, 0.25) is 0 Å². The maximum absolute atomic E-state index is 12.7. The fourth-order valence-electron chi connectivity index (χ4n) is 2.17. The second-order valence-corrected chi connectivity index (χ2v) is 4.42. The molecule has 1 heterocycles. The lowest BCUT2D eigenvalue weighted by Gasteiger charge is -2.19. The van der Waals surface area contributed by atoms with Crippen molar-refractivity contribution >= 4 is 12.4 Å². The van der Waals surface area contributed by atoms with Gasteiger partial charge in [0.2, 0.25) is 0 Å². The van der Waals surface area contributed by atoms with Crippen molar-refractivity contribution < 1.29 is 13.2 Å². The van der Waals surface area contributed by atoms with Gasteiger partial charge in [-0.3, -0.25) is 0 Å². The molecule has 20 heavy (non-hydrogen) atoms. The quantitative estimate of drug-likeness (QED) is 0.846. The van der Waals surface area contributed by atoms with Gasteiger partial charge in [0.1, 0.15) is 0 Å². The zero-order valence-electron chi connectivity index (χ0n) is 10.6. The van der Waals surface area contributed by atoms with Crippen molar-refractivity contribution in [2.45, 2.75) is 18.5 Å². The molecule has 2 nitrogen and oxygen atoms in total. The number of rotatable bonds is 2. The fraction of sp³-hybridized carbons (Fsp3) is 0.357. The molecular formula is C14H14ClF3N2. The highest BCUT2D eigenvalue weighted by atomic mass is 35.5. The second kappa shape index (κ2) is 6.78. The van der Waals surface area contributed by atoms with Gasteiger partial charge in [-0.05, 0) is 24.6 Å². The summed E-state index contributed by atoms with van der Waals surface area (Å²) in [5.74, 6) is -0.593. The highest BCUT2D eigenvalue weighted by molar-refractivity contribution is 5.85. The van der Waals surface area contributed by atoms with Crippen molar-refractivity contribution in [1.82, 2.24) is 5.32 Å². The van der Waals surface area contributed by atoms with Gasteiger partial charge in [-0.15, -0.1) is 12.4 Å². The minimum atomic E-state index is -4.38. The molecule has 1 aromatic carbocycles. The highest BCUT2D eigenvalue weighted by Crippen LogP contribution is 2.33. The van der Waals surface area contributed by atoms with Gasteiger partial charge in [-0.2, -0.15) is 18.4 Å². The van der Waals surface area contributed by atoms with Crippen LogP contribution in [0.3, 0.4) is 0 Å². The predicted octanol–water partition coefficient (Wildman–Crippen LogP) is 3.65. The summed E-state index contributed by atoms with van der Waals surface area (Å²) in [5, 5.41) is 12.3. The van der Waals surface area contributed by atoms with Gasteiger partial charge in [-0.1, -0.05) is 29.8 Å². The van der Waals surface area contributed by atoms with E-state index in [0.717, 1.165) is 24.3 Å². The van der Waals surface area contributed by atoms with Crippen LogP contribution in [0.15, 0.2) is 35.9 Å². The van der Waals surface area contributed by atoms with Gasteiger partial charge < -0.3 is 5.32 Å². The molecule has 6 heteroatoms. The van der Waals surface area contributed by atoms with E-state index in [2.05, 4.69) is 11.4 Å². The van der Waals surface area contributed by atoms with Crippen LogP contribution in [-0.2, 0) is 6.18 Å². The molecule has 0 saturated carbocycles. The van der Waals surface area contributed by atoms with Crippen molar-refractivity contribution in [3.05, 3.63) is 47.0 Å². The highest BCUT2D eigenvalue weighted by Gasteiger charge is 2.31. The summed E-state index contributed by atoms with van der Waals surface area (Å²) in [5.41, 5.74) is 0.589. The number of hydrogen-bond donors (Lipinski definition) is 1. The molecule has 0 amide bonds. The molecular weight excluding hydrogens is 289 g/mol. The third-order valence-electron chi connectivity index (χ3n) is 3.15. The summed E-state index contributed by atoms with van der Waals surface area (Å²) in [4.78, 5) is 0. The Balaban J connectivity index is 0.00000200. The van der Waals surface area contributed by atoms with Gasteiger partial charge in [0, 0.05) is 6.54 Å². The minimum Gasteiger partial charge on any atom is -0.313 e. The average Bonchev–Trinajstić information content (AvgIpc) is 2.40.